The largest absolute Gasteiger partial charge is 0.456 e. The van der Waals surface area contributed by atoms with E-state index in [1.165, 1.54) is 0 Å². The zero-order chi connectivity index (χ0) is 27.5. The van der Waals surface area contributed by atoms with Gasteiger partial charge in [-0.25, -0.2) is 4.79 Å². The van der Waals surface area contributed by atoms with Crippen molar-refractivity contribution < 1.29 is 14.3 Å². The Morgan fingerprint density at radius 2 is 1.00 bits per heavy atom. The number of Topliss-reactive ketones (excluding diaryl/α,β-unsaturated/α-hetero) is 1. The number of fused-ring (bicyclic) bond motifs is 1. The van der Waals surface area contributed by atoms with Gasteiger partial charge in [-0.15, -0.1) is 0 Å². The molecular weight excluding hydrogens is 499 g/mol. The molecular formula is C35H31O3P. The van der Waals surface area contributed by atoms with E-state index in [2.05, 4.69) is 0 Å². The molecule has 0 heterocycles. The highest BCUT2D eigenvalue weighted by Crippen LogP contribution is 2.47. The number of rotatable bonds is 6. The first-order valence-electron chi connectivity index (χ1n) is 13.0. The number of hydrogen-bond acceptors (Lipinski definition) is 3. The molecule has 0 amide bonds. The van der Waals surface area contributed by atoms with Gasteiger partial charge in [0.25, 0.3) is 0 Å². The van der Waals surface area contributed by atoms with Crippen LogP contribution in [0.2, 0.25) is 0 Å². The third-order valence-electron chi connectivity index (χ3n) is 6.58. The summed E-state index contributed by atoms with van der Waals surface area (Å²) >= 11 is 0. The van der Waals surface area contributed by atoms with Crippen LogP contribution in [0.1, 0.15) is 31.1 Å². The molecule has 0 aliphatic rings. The van der Waals surface area contributed by atoms with E-state index in [9.17, 15) is 9.59 Å². The zero-order valence-corrected chi connectivity index (χ0v) is 23.3. The van der Waals surface area contributed by atoms with Crippen LogP contribution in [0, 0.1) is 0 Å². The molecule has 0 radical (unpaired) electrons. The number of carbonyl (C=O) groups is 2. The first-order chi connectivity index (χ1) is 18.8. The fourth-order valence-electron chi connectivity index (χ4n) is 4.96. The van der Waals surface area contributed by atoms with Gasteiger partial charge in [-0.3, -0.25) is 4.79 Å². The third kappa shape index (κ3) is 5.24. The van der Waals surface area contributed by atoms with Gasteiger partial charge in [0.1, 0.15) is 10.9 Å². The lowest BCUT2D eigenvalue weighted by molar-refractivity contribution is -0.145. The molecule has 0 unspecified atom stereocenters. The quantitative estimate of drug-likeness (QED) is 0.109. The van der Waals surface area contributed by atoms with E-state index < -0.39 is 18.5 Å². The second-order valence-corrected chi connectivity index (χ2v) is 13.8. The van der Waals surface area contributed by atoms with Crippen LogP contribution < -0.4 is 15.9 Å². The molecule has 0 fully saturated rings. The van der Waals surface area contributed by atoms with E-state index in [0.717, 1.165) is 26.7 Å². The molecule has 0 N–H and O–H groups in total. The lowest BCUT2D eigenvalue weighted by Gasteiger charge is -2.32. The lowest BCUT2D eigenvalue weighted by Crippen LogP contribution is -2.40. The molecule has 194 valence electrons. The van der Waals surface area contributed by atoms with Crippen LogP contribution in [-0.2, 0) is 9.53 Å². The van der Waals surface area contributed by atoms with Gasteiger partial charge in [0, 0.05) is 5.56 Å². The average molecular weight is 531 g/mol. The summed E-state index contributed by atoms with van der Waals surface area (Å²) in [4.78, 5) is 29.1. The summed E-state index contributed by atoms with van der Waals surface area (Å²) in [5, 5.41) is 4.88. The van der Waals surface area contributed by atoms with Crippen LogP contribution in [0.5, 0.6) is 0 Å². The average Bonchev–Trinajstić information content (AvgIpc) is 2.95. The fraction of sp³-hybridized carbons (Fsp3) is 0.114. The zero-order valence-electron chi connectivity index (χ0n) is 22.4. The normalized spacial score (nSPS) is 11.7. The van der Waals surface area contributed by atoms with Crippen LogP contribution in [0.15, 0.2) is 133 Å². The summed E-state index contributed by atoms with van der Waals surface area (Å²) in [5.41, 5.74) is -0.326. The standard InChI is InChI=1S/C35H31O3P/c1-35(2,3)38-34(37)33(32(36)28-24-23-26-15-13-14-16-27(26)25-28)39(29-17-7-4-8-18-29,30-19-9-5-10-20-30)31-21-11-6-12-22-31/h4-25H,1-3H3. The van der Waals surface area contributed by atoms with Crippen molar-refractivity contribution in [2.45, 2.75) is 26.4 Å². The van der Waals surface area contributed by atoms with Gasteiger partial charge in [-0.1, -0.05) is 127 Å². The summed E-state index contributed by atoms with van der Waals surface area (Å²) in [6.07, 6.45) is 0. The van der Waals surface area contributed by atoms with Crippen LogP contribution in [0.4, 0.5) is 0 Å². The minimum atomic E-state index is -2.99. The second-order valence-electron chi connectivity index (χ2n) is 10.4. The highest BCUT2D eigenvalue weighted by Gasteiger charge is 2.39. The lowest BCUT2D eigenvalue weighted by atomic mass is 10.0. The summed E-state index contributed by atoms with van der Waals surface area (Å²) in [6, 6.07) is 43.3. The van der Waals surface area contributed by atoms with Gasteiger partial charge >= 0.3 is 5.97 Å². The van der Waals surface area contributed by atoms with E-state index in [4.69, 9.17) is 4.74 Å². The Balaban J connectivity index is 1.97. The molecule has 5 rings (SSSR count). The number of ketones is 1. The predicted octanol–water partition coefficient (Wildman–Crippen LogP) is 6.53. The Hall–Kier alpha value is -4.20. The molecule has 0 atom stereocenters. The van der Waals surface area contributed by atoms with Crippen molar-refractivity contribution in [3.8, 4) is 0 Å². The maximum atomic E-state index is 14.8. The molecule has 0 aliphatic carbocycles. The Labute approximate surface area is 230 Å². The van der Waals surface area contributed by atoms with E-state index in [1.807, 2.05) is 154 Å². The van der Waals surface area contributed by atoms with Crippen molar-refractivity contribution in [1.29, 1.82) is 0 Å². The summed E-state index contributed by atoms with van der Waals surface area (Å²) in [7, 11) is 0. The summed E-state index contributed by atoms with van der Waals surface area (Å²) in [6.45, 7) is 2.50. The molecule has 0 saturated heterocycles. The van der Waals surface area contributed by atoms with Crippen molar-refractivity contribution >= 4 is 50.6 Å². The monoisotopic (exact) mass is 530 g/mol. The Kier molecular flexibility index (Phi) is 7.37. The second kappa shape index (κ2) is 10.9. The van der Waals surface area contributed by atoms with Crippen molar-refractivity contribution in [2.75, 3.05) is 0 Å². The summed E-state index contributed by atoms with van der Waals surface area (Å²) in [5.74, 6) is -0.912. The van der Waals surface area contributed by atoms with Gasteiger partial charge in [-0.05, 0) is 60.4 Å². The number of esters is 1. The SMILES string of the molecule is CC(C)(C)OC(=O)C(C(=O)c1ccc2ccccc2c1)=P(c1ccccc1)(c1ccccc1)c1ccccc1. The molecule has 4 heteroatoms. The van der Waals surface area contributed by atoms with E-state index in [1.54, 1.807) is 0 Å². The highest BCUT2D eigenvalue weighted by molar-refractivity contribution is 7.97. The van der Waals surface area contributed by atoms with Crippen LogP contribution in [0.3, 0.4) is 0 Å². The first-order valence-corrected chi connectivity index (χ1v) is 14.8. The molecule has 0 aromatic heterocycles. The molecule has 0 saturated carbocycles. The predicted molar refractivity (Wildman–Crippen MR) is 164 cm³/mol. The highest BCUT2D eigenvalue weighted by atomic mass is 31.2. The number of ether oxygens (including phenoxy) is 1. The maximum absolute atomic E-state index is 14.8. The number of carbonyl (C=O) groups excluding carboxylic acids is 2. The molecule has 0 aliphatic heterocycles. The minimum absolute atomic E-state index is 0.163. The molecule has 5 aromatic carbocycles. The van der Waals surface area contributed by atoms with Crippen molar-refractivity contribution in [2.24, 2.45) is 0 Å². The summed E-state index contributed by atoms with van der Waals surface area (Å²) < 4.78 is 6.03. The van der Waals surface area contributed by atoms with Crippen LogP contribution >= 0.6 is 6.89 Å². The molecule has 39 heavy (non-hydrogen) atoms. The van der Waals surface area contributed by atoms with Crippen LogP contribution in [-0.4, -0.2) is 22.6 Å². The van der Waals surface area contributed by atoms with Gasteiger partial charge in [-0.2, -0.15) is 0 Å². The van der Waals surface area contributed by atoms with Crippen molar-refractivity contribution in [3.63, 3.8) is 0 Å². The van der Waals surface area contributed by atoms with E-state index in [0.29, 0.717) is 5.56 Å². The third-order valence-corrected chi connectivity index (χ3v) is 10.9. The maximum Gasteiger partial charge on any atom is 0.343 e. The molecule has 5 aromatic rings. The fourth-order valence-corrected chi connectivity index (χ4v) is 9.25. The van der Waals surface area contributed by atoms with Gasteiger partial charge in [0.05, 0.1) is 0 Å². The minimum Gasteiger partial charge on any atom is -0.456 e. The topological polar surface area (TPSA) is 43.4 Å². The van der Waals surface area contributed by atoms with E-state index >= 15 is 0 Å². The van der Waals surface area contributed by atoms with Crippen molar-refractivity contribution in [3.05, 3.63) is 139 Å². The first kappa shape index (κ1) is 26.4. The van der Waals surface area contributed by atoms with Crippen LogP contribution in [0.25, 0.3) is 10.8 Å². The molecule has 0 spiro atoms. The Bertz CT molecular complexity index is 1580. The Morgan fingerprint density at radius 1 is 0.564 bits per heavy atom. The number of benzene rings is 5. The van der Waals surface area contributed by atoms with Crippen molar-refractivity contribution in [1.82, 2.24) is 0 Å². The van der Waals surface area contributed by atoms with Gasteiger partial charge in [0.15, 0.2) is 0 Å². The van der Waals surface area contributed by atoms with Gasteiger partial charge in [0.2, 0.25) is 5.78 Å². The smallest absolute Gasteiger partial charge is 0.343 e. The molecule has 3 nitrogen and oxygen atoms in total. The van der Waals surface area contributed by atoms with Gasteiger partial charge < -0.3 is 4.74 Å². The number of hydrogen-bond donors (Lipinski definition) is 0. The molecule has 0 bridgehead atoms. The van der Waals surface area contributed by atoms with E-state index in [-0.39, 0.29) is 11.1 Å². The Morgan fingerprint density at radius 3 is 1.46 bits per heavy atom.